The van der Waals surface area contributed by atoms with Gasteiger partial charge in [-0.15, -0.1) is 0 Å². The minimum absolute atomic E-state index is 0.306. The average molecular weight is 348 g/mol. The normalized spacial score (nSPS) is 20.6. The number of hydrogen-bond acceptors (Lipinski definition) is 3. The number of nitrogens with zero attached hydrogens (tertiary/aromatic N) is 3. The van der Waals surface area contributed by atoms with Gasteiger partial charge in [-0.25, -0.2) is 0 Å². The lowest BCUT2D eigenvalue weighted by Gasteiger charge is -2.36. The second kappa shape index (κ2) is 8.98. The summed E-state index contributed by atoms with van der Waals surface area (Å²) in [7, 11) is 4.26. The Morgan fingerprint density at radius 1 is 1.04 bits per heavy atom. The lowest BCUT2D eigenvalue weighted by molar-refractivity contribution is 0.189. The first-order valence-corrected chi connectivity index (χ1v) is 9.56. The van der Waals surface area contributed by atoms with Crippen LogP contribution in [0.3, 0.4) is 0 Å². The van der Waals surface area contributed by atoms with Crippen LogP contribution in [-0.4, -0.2) is 49.6 Å². The molecule has 1 fully saturated rings. The fourth-order valence-electron chi connectivity index (χ4n) is 4.27. The van der Waals surface area contributed by atoms with Gasteiger partial charge in [-0.1, -0.05) is 60.7 Å². The third-order valence-corrected chi connectivity index (χ3v) is 5.54. The molecule has 1 aliphatic heterocycles. The van der Waals surface area contributed by atoms with E-state index < -0.39 is 0 Å². The minimum Gasteiger partial charge on any atom is -0.308 e. The van der Waals surface area contributed by atoms with Crippen LogP contribution in [0.25, 0.3) is 0 Å². The maximum atomic E-state index is 9.40. The van der Waals surface area contributed by atoms with Crippen LogP contribution in [0.1, 0.15) is 29.9 Å². The van der Waals surface area contributed by atoms with Crippen molar-refractivity contribution in [2.24, 2.45) is 5.92 Å². The fraction of sp³-hybridized carbons (Fsp3) is 0.435. The van der Waals surface area contributed by atoms with E-state index in [1.807, 2.05) is 0 Å². The van der Waals surface area contributed by atoms with Crippen molar-refractivity contribution in [3.63, 3.8) is 0 Å². The zero-order valence-electron chi connectivity index (χ0n) is 15.9. The number of hydrogen-bond donors (Lipinski definition) is 0. The Labute approximate surface area is 157 Å². The Hall–Kier alpha value is -2.15. The molecule has 136 valence electrons. The molecule has 0 radical (unpaired) electrons. The van der Waals surface area contributed by atoms with E-state index in [4.69, 9.17) is 0 Å². The second-order valence-electron chi connectivity index (χ2n) is 7.54. The highest BCUT2D eigenvalue weighted by Crippen LogP contribution is 2.40. The molecule has 1 aliphatic rings. The van der Waals surface area contributed by atoms with Crippen LogP contribution < -0.4 is 0 Å². The number of likely N-dealkylation sites (tertiary alicyclic amines) is 1. The van der Waals surface area contributed by atoms with Gasteiger partial charge < -0.3 is 4.90 Å². The van der Waals surface area contributed by atoms with Gasteiger partial charge in [-0.05, 0) is 44.1 Å². The molecule has 2 aromatic rings. The van der Waals surface area contributed by atoms with Crippen molar-refractivity contribution in [1.82, 2.24) is 9.80 Å². The first-order valence-electron chi connectivity index (χ1n) is 9.56. The predicted molar refractivity (Wildman–Crippen MR) is 107 cm³/mol. The Morgan fingerprint density at radius 2 is 1.62 bits per heavy atom. The van der Waals surface area contributed by atoms with Crippen LogP contribution in [0.5, 0.6) is 0 Å². The Bertz CT molecular complexity index is 666. The van der Waals surface area contributed by atoms with Crippen molar-refractivity contribution in [2.45, 2.75) is 24.8 Å². The number of likely N-dealkylation sites (N-methyl/N-ethyl adjacent to an activating group) is 1. The highest BCUT2D eigenvalue weighted by Gasteiger charge is 2.40. The first kappa shape index (κ1) is 18.6. The number of benzene rings is 2. The fourth-order valence-corrected chi connectivity index (χ4v) is 4.27. The van der Waals surface area contributed by atoms with Crippen LogP contribution in [0.4, 0.5) is 0 Å². The summed E-state index contributed by atoms with van der Waals surface area (Å²) in [6.45, 7) is 3.18. The van der Waals surface area contributed by atoms with E-state index in [2.05, 4.69) is 90.6 Å². The van der Waals surface area contributed by atoms with E-state index in [1.165, 1.54) is 11.1 Å². The SMILES string of the molecule is CN(C)CCN1CCC(CC#N)C1C(c1ccccc1)c1ccccc1. The van der Waals surface area contributed by atoms with Gasteiger partial charge in [-0.3, -0.25) is 4.90 Å². The molecular formula is C23H29N3. The molecule has 3 nitrogen and oxygen atoms in total. The molecule has 3 heteroatoms. The van der Waals surface area contributed by atoms with E-state index >= 15 is 0 Å². The van der Waals surface area contributed by atoms with Crippen molar-refractivity contribution in [1.29, 1.82) is 5.26 Å². The molecule has 0 N–H and O–H groups in total. The third-order valence-electron chi connectivity index (χ3n) is 5.54. The maximum absolute atomic E-state index is 9.40. The molecule has 0 aliphatic carbocycles. The van der Waals surface area contributed by atoms with E-state index in [1.54, 1.807) is 0 Å². The summed E-state index contributed by atoms with van der Waals surface area (Å²) < 4.78 is 0. The molecule has 3 rings (SSSR count). The summed E-state index contributed by atoms with van der Waals surface area (Å²) in [6, 6.07) is 24.5. The van der Waals surface area contributed by atoms with Crippen LogP contribution in [-0.2, 0) is 0 Å². The van der Waals surface area contributed by atoms with Gasteiger partial charge in [0, 0.05) is 31.5 Å². The summed E-state index contributed by atoms with van der Waals surface area (Å²) >= 11 is 0. The summed E-state index contributed by atoms with van der Waals surface area (Å²) in [4.78, 5) is 4.86. The average Bonchev–Trinajstić information content (AvgIpc) is 3.05. The molecule has 2 aromatic carbocycles. The monoisotopic (exact) mass is 347 g/mol. The van der Waals surface area contributed by atoms with Gasteiger partial charge in [0.15, 0.2) is 0 Å². The molecule has 26 heavy (non-hydrogen) atoms. The number of nitriles is 1. The van der Waals surface area contributed by atoms with Crippen molar-refractivity contribution >= 4 is 0 Å². The Kier molecular flexibility index (Phi) is 6.44. The summed E-state index contributed by atoms with van der Waals surface area (Å²) in [5.74, 6) is 0.730. The summed E-state index contributed by atoms with van der Waals surface area (Å²) in [5.41, 5.74) is 2.70. The van der Waals surface area contributed by atoms with Crippen LogP contribution in [0, 0.1) is 17.2 Å². The smallest absolute Gasteiger partial charge is 0.0625 e. The van der Waals surface area contributed by atoms with Gasteiger partial charge in [0.05, 0.1) is 6.07 Å². The quantitative estimate of drug-likeness (QED) is 0.759. The van der Waals surface area contributed by atoms with Gasteiger partial charge in [0.1, 0.15) is 0 Å². The molecule has 0 spiro atoms. The topological polar surface area (TPSA) is 30.3 Å². The molecule has 2 unspecified atom stereocenters. The van der Waals surface area contributed by atoms with E-state index in [-0.39, 0.29) is 0 Å². The molecule has 0 saturated carbocycles. The Morgan fingerprint density at radius 3 is 2.12 bits per heavy atom. The molecule has 0 amide bonds. The molecule has 0 bridgehead atoms. The van der Waals surface area contributed by atoms with Crippen LogP contribution in [0.15, 0.2) is 60.7 Å². The molecule has 0 aromatic heterocycles. The second-order valence-corrected chi connectivity index (χ2v) is 7.54. The predicted octanol–water partition coefficient (Wildman–Crippen LogP) is 3.98. The highest BCUT2D eigenvalue weighted by molar-refractivity contribution is 5.35. The highest BCUT2D eigenvalue weighted by atomic mass is 15.2. The van der Waals surface area contributed by atoms with Gasteiger partial charge in [0.25, 0.3) is 0 Å². The van der Waals surface area contributed by atoms with Crippen molar-refractivity contribution in [2.75, 3.05) is 33.7 Å². The zero-order valence-corrected chi connectivity index (χ0v) is 15.9. The molecule has 2 atom stereocenters. The van der Waals surface area contributed by atoms with E-state index in [0.717, 1.165) is 26.1 Å². The molecule has 1 heterocycles. The Balaban J connectivity index is 1.99. The van der Waals surface area contributed by atoms with Crippen LogP contribution in [0.2, 0.25) is 0 Å². The van der Waals surface area contributed by atoms with Crippen molar-refractivity contribution in [3.8, 4) is 6.07 Å². The molecule has 1 saturated heterocycles. The summed E-state index contributed by atoms with van der Waals surface area (Å²) in [5, 5.41) is 9.40. The lowest BCUT2D eigenvalue weighted by atomic mass is 9.78. The van der Waals surface area contributed by atoms with E-state index in [9.17, 15) is 5.26 Å². The largest absolute Gasteiger partial charge is 0.308 e. The zero-order chi connectivity index (χ0) is 18.4. The van der Waals surface area contributed by atoms with Crippen LogP contribution >= 0.6 is 0 Å². The van der Waals surface area contributed by atoms with E-state index in [0.29, 0.717) is 24.3 Å². The minimum atomic E-state index is 0.306. The molecular weight excluding hydrogens is 318 g/mol. The van der Waals surface area contributed by atoms with Gasteiger partial charge >= 0.3 is 0 Å². The lowest BCUT2D eigenvalue weighted by Crippen LogP contribution is -2.41. The first-order chi connectivity index (χ1) is 12.7. The van der Waals surface area contributed by atoms with Crippen molar-refractivity contribution < 1.29 is 0 Å². The standard InChI is InChI=1S/C23H29N3/c1-25(2)17-18-26-16-14-21(13-15-24)23(26)22(19-9-5-3-6-10-19)20-11-7-4-8-12-20/h3-12,21-23H,13-14,16-18H2,1-2H3. The van der Waals surface area contributed by atoms with Gasteiger partial charge in [-0.2, -0.15) is 5.26 Å². The van der Waals surface area contributed by atoms with Crippen molar-refractivity contribution in [3.05, 3.63) is 71.8 Å². The maximum Gasteiger partial charge on any atom is 0.0625 e. The summed E-state index contributed by atoms with van der Waals surface area (Å²) in [6.07, 6.45) is 1.75. The third kappa shape index (κ3) is 4.33. The number of rotatable bonds is 7. The van der Waals surface area contributed by atoms with Gasteiger partial charge in [0.2, 0.25) is 0 Å².